The minimum atomic E-state index is 0.658. The van der Waals surface area contributed by atoms with E-state index >= 15 is 0 Å². The first-order chi connectivity index (χ1) is 7.13. The smallest absolute Gasteiger partial charge is 0.0947 e. The molecule has 0 aliphatic carbocycles. The number of rotatable bonds is 6. The van der Waals surface area contributed by atoms with Gasteiger partial charge in [0.15, 0.2) is 0 Å². The van der Waals surface area contributed by atoms with Gasteiger partial charge in [-0.1, -0.05) is 13.8 Å². The molecule has 1 heterocycles. The molecule has 0 aromatic carbocycles. The summed E-state index contributed by atoms with van der Waals surface area (Å²) in [5.41, 5.74) is 1.24. The van der Waals surface area contributed by atoms with Crippen LogP contribution in [0.3, 0.4) is 0 Å². The van der Waals surface area contributed by atoms with E-state index in [1.165, 1.54) is 5.56 Å². The molecule has 0 bridgehead atoms. The van der Waals surface area contributed by atoms with Gasteiger partial charge in [-0.3, -0.25) is 0 Å². The van der Waals surface area contributed by atoms with Crippen molar-refractivity contribution in [3.8, 4) is 0 Å². The lowest BCUT2D eigenvalue weighted by Gasteiger charge is -2.25. The molecule has 1 unspecified atom stereocenters. The molecule has 3 heteroatoms. The molecule has 1 aromatic rings. The number of hydrogen-bond acceptors (Lipinski definition) is 3. The molecule has 1 atom stereocenters. The Morgan fingerprint density at radius 3 is 2.67 bits per heavy atom. The SMILES string of the molecule is CC(C)C(CS)CN(C)Cc1ccoc1. The molecule has 0 spiro atoms. The molecular weight excluding hydrogens is 206 g/mol. The summed E-state index contributed by atoms with van der Waals surface area (Å²) in [7, 11) is 2.14. The van der Waals surface area contributed by atoms with Crippen molar-refractivity contribution in [2.24, 2.45) is 11.8 Å². The molecule has 0 aliphatic heterocycles. The van der Waals surface area contributed by atoms with Gasteiger partial charge in [0, 0.05) is 18.7 Å². The van der Waals surface area contributed by atoms with Crippen molar-refractivity contribution in [1.82, 2.24) is 4.90 Å². The molecule has 1 aromatic heterocycles. The molecule has 0 fully saturated rings. The van der Waals surface area contributed by atoms with Crippen molar-refractivity contribution in [3.63, 3.8) is 0 Å². The Morgan fingerprint density at radius 2 is 2.20 bits per heavy atom. The Kier molecular flexibility index (Phi) is 5.26. The highest BCUT2D eigenvalue weighted by Crippen LogP contribution is 2.15. The molecule has 0 saturated heterocycles. The van der Waals surface area contributed by atoms with Crippen LogP contribution in [0.1, 0.15) is 19.4 Å². The van der Waals surface area contributed by atoms with Crippen molar-refractivity contribution >= 4 is 12.6 Å². The number of hydrogen-bond donors (Lipinski definition) is 1. The van der Waals surface area contributed by atoms with Crippen molar-refractivity contribution in [2.45, 2.75) is 20.4 Å². The first-order valence-electron chi connectivity index (χ1n) is 5.44. The Balaban J connectivity index is 2.37. The maximum atomic E-state index is 5.05. The number of thiol groups is 1. The number of nitrogens with zero attached hydrogens (tertiary/aromatic N) is 1. The van der Waals surface area contributed by atoms with Crippen LogP contribution in [0.15, 0.2) is 23.0 Å². The normalized spacial score (nSPS) is 13.7. The van der Waals surface area contributed by atoms with Gasteiger partial charge in [-0.15, -0.1) is 0 Å². The summed E-state index contributed by atoms with van der Waals surface area (Å²) in [6.07, 6.45) is 3.53. The summed E-state index contributed by atoms with van der Waals surface area (Å²) in [5.74, 6) is 2.30. The van der Waals surface area contributed by atoms with Gasteiger partial charge in [0.05, 0.1) is 12.5 Å². The lowest BCUT2D eigenvalue weighted by Crippen LogP contribution is -2.29. The minimum Gasteiger partial charge on any atom is -0.472 e. The van der Waals surface area contributed by atoms with Crippen LogP contribution in [0.5, 0.6) is 0 Å². The zero-order chi connectivity index (χ0) is 11.3. The topological polar surface area (TPSA) is 16.4 Å². The van der Waals surface area contributed by atoms with Gasteiger partial charge in [0.2, 0.25) is 0 Å². The summed E-state index contributed by atoms with van der Waals surface area (Å²) < 4.78 is 5.05. The second-order valence-corrected chi connectivity index (χ2v) is 4.88. The molecule has 2 nitrogen and oxygen atoms in total. The molecular formula is C12H21NOS. The van der Waals surface area contributed by atoms with Crippen molar-refractivity contribution in [1.29, 1.82) is 0 Å². The van der Waals surface area contributed by atoms with Crippen LogP contribution in [-0.2, 0) is 6.54 Å². The highest BCUT2D eigenvalue weighted by atomic mass is 32.1. The van der Waals surface area contributed by atoms with Crippen LogP contribution in [-0.4, -0.2) is 24.2 Å². The summed E-state index contributed by atoms with van der Waals surface area (Å²) in [4.78, 5) is 2.33. The first-order valence-corrected chi connectivity index (χ1v) is 6.07. The summed E-state index contributed by atoms with van der Waals surface area (Å²) in [6.45, 7) is 6.55. The quantitative estimate of drug-likeness (QED) is 0.752. The molecule has 0 saturated carbocycles. The second kappa shape index (κ2) is 6.23. The molecule has 15 heavy (non-hydrogen) atoms. The third-order valence-electron chi connectivity index (χ3n) is 2.76. The Labute approximate surface area is 98.1 Å². The van der Waals surface area contributed by atoms with Gasteiger partial charge in [-0.05, 0) is 30.7 Å². The van der Waals surface area contributed by atoms with E-state index in [2.05, 4.69) is 38.4 Å². The zero-order valence-corrected chi connectivity index (χ0v) is 10.7. The Morgan fingerprint density at radius 1 is 1.47 bits per heavy atom. The summed E-state index contributed by atoms with van der Waals surface area (Å²) >= 11 is 4.40. The highest BCUT2D eigenvalue weighted by molar-refractivity contribution is 7.80. The molecule has 1 rings (SSSR count). The molecule has 86 valence electrons. The monoisotopic (exact) mass is 227 g/mol. The van der Waals surface area contributed by atoms with E-state index in [4.69, 9.17) is 4.42 Å². The van der Waals surface area contributed by atoms with Crippen LogP contribution in [0.2, 0.25) is 0 Å². The average molecular weight is 227 g/mol. The lowest BCUT2D eigenvalue weighted by molar-refractivity contribution is 0.246. The maximum Gasteiger partial charge on any atom is 0.0947 e. The molecule has 0 radical (unpaired) electrons. The molecule has 0 amide bonds. The highest BCUT2D eigenvalue weighted by Gasteiger charge is 2.14. The third-order valence-corrected chi connectivity index (χ3v) is 3.23. The predicted molar refractivity (Wildman–Crippen MR) is 67.2 cm³/mol. The van der Waals surface area contributed by atoms with E-state index in [1.54, 1.807) is 6.26 Å². The largest absolute Gasteiger partial charge is 0.472 e. The van der Waals surface area contributed by atoms with Crippen molar-refractivity contribution < 1.29 is 4.42 Å². The molecule has 0 N–H and O–H groups in total. The fourth-order valence-electron chi connectivity index (χ4n) is 1.64. The van der Waals surface area contributed by atoms with Crippen LogP contribution < -0.4 is 0 Å². The van der Waals surface area contributed by atoms with Crippen molar-refractivity contribution in [3.05, 3.63) is 24.2 Å². The standard InChI is InChI=1S/C12H21NOS/c1-10(2)12(9-15)7-13(3)6-11-4-5-14-8-11/h4-5,8,10,12,15H,6-7,9H2,1-3H3. The maximum absolute atomic E-state index is 5.05. The third kappa shape index (κ3) is 4.31. The van der Waals surface area contributed by atoms with E-state index in [1.807, 2.05) is 12.3 Å². The average Bonchev–Trinajstić information content (AvgIpc) is 2.66. The Hall–Kier alpha value is -0.410. The van der Waals surface area contributed by atoms with Crippen LogP contribution in [0, 0.1) is 11.8 Å². The predicted octanol–water partition coefficient (Wildman–Crippen LogP) is 2.91. The van der Waals surface area contributed by atoms with Gasteiger partial charge in [-0.2, -0.15) is 12.6 Å². The fourth-order valence-corrected chi connectivity index (χ4v) is 2.18. The van der Waals surface area contributed by atoms with Gasteiger partial charge in [0.25, 0.3) is 0 Å². The summed E-state index contributed by atoms with van der Waals surface area (Å²) in [5, 5.41) is 0. The van der Waals surface area contributed by atoms with Gasteiger partial charge >= 0.3 is 0 Å². The fraction of sp³-hybridized carbons (Fsp3) is 0.667. The Bertz CT molecular complexity index is 259. The van der Waals surface area contributed by atoms with E-state index in [0.29, 0.717) is 11.8 Å². The van der Waals surface area contributed by atoms with Crippen LogP contribution >= 0.6 is 12.6 Å². The van der Waals surface area contributed by atoms with E-state index in [0.717, 1.165) is 18.8 Å². The van der Waals surface area contributed by atoms with E-state index < -0.39 is 0 Å². The minimum absolute atomic E-state index is 0.658. The first kappa shape index (κ1) is 12.7. The second-order valence-electron chi connectivity index (χ2n) is 4.52. The molecule has 0 aliphatic rings. The summed E-state index contributed by atoms with van der Waals surface area (Å²) in [6, 6.07) is 2.02. The van der Waals surface area contributed by atoms with Crippen molar-refractivity contribution in [2.75, 3.05) is 19.3 Å². The van der Waals surface area contributed by atoms with E-state index in [9.17, 15) is 0 Å². The van der Waals surface area contributed by atoms with E-state index in [-0.39, 0.29) is 0 Å². The lowest BCUT2D eigenvalue weighted by atomic mass is 9.97. The van der Waals surface area contributed by atoms with Crippen LogP contribution in [0.4, 0.5) is 0 Å². The van der Waals surface area contributed by atoms with Gasteiger partial charge in [0.1, 0.15) is 0 Å². The zero-order valence-electron chi connectivity index (χ0n) is 9.81. The van der Waals surface area contributed by atoms with Gasteiger partial charge < -0.3 is 9.32 Å². The van der Waals surface area contributed by atoms with Gasteiger partial charge in [-0.25, -0.2) is 0 Å². The van der Waals surface area contributed by atoms with Crippen LogP contribution in [0.25, 0.3) is 0 Å². The number of furan rings is 1.